The van der Waals surface area contributed by atoms with Gasteiger partial charge in [0.1, 0.15) is 11.5 Å². The Morgan fingerprint density at radius 2 is 1.62 bits per heavy atom. The van der Waals surface area contributed by atoms with Crippen molar-refractivity contribution in [3.63, 3.8) is 0 Å². The van der Waals surface area contributed by atoms with Gasteiger partial charge in [0.15, 0.2) is 0 Å². The molecule has 24 heavy (non-hydrogen) atoms. The fourth-order valence-corrected chi connectivity index (χ4v) is 4.02. The van der Waals surface area contributed by atoms with E-state index in [-0.39, 0.29) is 5.92 Å². The highest BCUT2D eigenvalue weighted by molar-refractivity contribution is 5.54. The second-order valence-electron chi connectivity index (χ2n) is 7.54. The molecule has 0 aliphatic carbocycles. The molecule has 1 aliphatic heterocycles. The second kappa shape index (κ2) is 6.51. The Kier molecular flexibility index (Phi) is 4.58. The summed E-state index contributed by atoms with van der Waals surface area (Å²) in [6.45, 7) is 11.4. The molecule has 0 bridgehead atoms. The number of rotatable bonds is 3. The molecule has 2 heteroatoms. The van der Waals surface area contributed by atoms with Crippen LogP contribution in [0.2, 0.25) is 0 Å². The quantitative estimate of drug-likeness (QED) is 0.815. The summed E-state index contributed by atoms with van der Waals surface area (Å²) in [7, 11) is 0. The summed E-state index contributed by atoms with van der Waals surface area (Å²) >= 11 is 0. The first-order valence-corrected chi connectivity index (χ1v) is 8.94. The van der Waals surface area contributed by atoms with Gasteiger partial charge in [0.25, 0.3) is 0 Å². The largest absolute Gasteiger partial charge is 0.507 e. The van der Waals surface area contributed by atoms with E-state index in [2.05, 4.69) is 45.9 Å². The number of aromatic hydroxyl groups is 1. The average Bonchev–Trinajstić information content (AvgIpc) is 2.51. The Morgan fingerprint density at radius 1 is 0.958 bits per heavy atom. The number of ether oxygens (including phenoxy) is 1. The maximum atomic E-state index is 10.7. The fraction of sp³-hybridized carbons (Fsp3) is 0.455. The van der Waals surface area contributed by atoms with E-state index in [1.54, 1.807) is 0 Å². The summed E-state index contributed by atoms with van der Waals surface area (Å²) in [5.41, 5.74) is 6.95. The Labute approximate surface area is 145 Å². The van der Waals surface area contributed by atoms with Gasteiger partial charge < -0.3 is 9.84 Å². The highest BCUT2D eigenvalue weighted by Gasteiger charge is 2.28. The van der Waals surface area contributed by atoms with E-state index in [0.717, 1.165) is 36.3 Å². The van der Waals surface area contributed by atoms with Gasteiger partial charge in [0, 0.05) is 17.0 Å². The standard InChI is InChI=1S/C22H28O2/c1-13(2)20(18-11-14(3)9-16(5)21(18)23)19-12-15(4)10-17-7-6-8-24-22(17)19/h9-13,20,23H,6-8H2,1-5H3. The first-order chi connectivity index (χ1) is 11.4. The SMILES string of the molecule is Cc1cc(C)c(O)c(C(c2cc(C)cc3c2OCCC3)C(C)C)c1. The van der Waals surface area contributed by atoms with Gasteiger partial charge >= 0.3 is 0 Å². The zero-order chi connectivity index (χ0) is 17.4. The maximum absolute atomic E-state index is 10.7. The molecule has 3 rings (SSSR count). The summed E-state index contributed by atoms with van der Waals surface area (Å²) < 4.78 is 6.08. The second-order valence-corrected chi connectivity index (χ2v) is 7.54. The number of phenols is 1. The minimum Gasteiger partial charge on any atom is -0.507 e. The number of hydrogen-bond acceptors (Lipinski definition) is 2. The van der Waals surface area contributed by atoms with Crippen LogP contribution in [0.3, 0.4) is 0 Å². The molecule has 2 aromatic rings. The zero-order valence-electron chi connectivity index (χ0n) is 15.4. The first-order valence-electron chi connectivity index (χ1n) is 8.94. The molecule has 2 nitrogen and oxygen atoms in total. The van der Waals surface area contributed by atoms with E-state index in [0.29, 0.717) is 11.7 Å². The molecule has 1 N–H and O–H groups in total. The van der Waals surface area contributed by atoms with E-state index in [1.807, 2.05) is 13.0 Å². The van der Waals surface area contributed by atoms with Gasteiger partial charge in [0.2, 0.25) is 0 Å². The van der Waals surface area contributed by atoms with Gasteiger partial charge in [-0.3, -0.25) is 0 Å². The van der Waals surface area contributed by atoms with Crippen molar-refractivity contribution in [2.45, 2.75) is 53.4 Å². The number of benzene rings is 2. The van der Waals surface area contributed by atoms with Crippen LogP contribution in [0.5, 0.6) is 11.5 Å². The summed E-state index contributed by atoms with van der Waals surface area (Å²) in [5.74, 6) is 1.97. The van der Waals surface area contributed by atoms with Crippen LogP contribution in [0.15, 0.2) is 24.3 Å². The predicted octanol–water partition coefficient (Wildman–Crippen LogP) is 5.43. The lowest BCUT2D eigenvalue weighted by Gasteiger charge is -2.29. The number of fused-ring (bicyclic) bond motifs is 1. The molecule has 128 valence electrons. The van der Waals surface area contributed by atoms with Crippen LogP contribution in [0.4, 0.5) is 0 Å². The van der Waals surface area contributed by atoms with Crippen molar-refractivity contribution in [1.82, 2.24) is 0 Å². The first kappa shape index (κ1) is 16.9. The molecular formula is C22H28O2. The molecule has 2 aromatic carbocycles. The lowest BCUT2D eigenvalue weighted by atomic mass is 9.79. The zero-order valence-corrected chi connectivity index (χ0v) is 15.4. The van der Waals surface area contributed by atoms with Crippen LogP contribution in [-0.2, 0) is 6.42 Å². The average molecular weight is 324 g/mol. The van der Waals surface area contributed by atoms with Crippen LogP contribution < -0.4 is 4.74 Å². The van der Waals surface area contributed by atoms with Gasteiger partial charge in [-0.05, 0) is 50.7 Å². The Morgan fingerprint density at radius 3 is 2.33 bits per heavy atom. The van der Waals surface area contributed by atoms with Crippen molar-refractivity contribution in [3.8, 4) is 11.5 Å². The molecule has 0 spiro atoms. The normalized spacial score (nSPS) is 15.1. The smallest absolute Gasteiger partial charge is 0.126 e. The monoisotopic (exact) mass is 324 g/mol. The third-order valence-electron chi connectivity index (χ3n) is 4.99. The lowest BCUT2D eigenvalue weighted by molar-refractivity contribution is 0.282. The number of hydrogen-bond donors (Lipinski definition) is 1. The molecule has 0 saturated heterocycles. The summed E-state index contributed by atoms with van der Waals surface area (Å²) in [6, 6.07) is 8.66. The topological polar surface area (TPSA) is 29.5 Å². The molecule has 0 amide bonds. The van der Waals surface area contributed by atoms with Crippen molar-refractivity contribution < 1.29 is 9.84 Å². The molecular weight excluding hydrogens is 296 g/mol. The van der Waals surface area contributed by atoms with Crippen molar-refractivity contribution in [2.75, 3.05) is 6.61 Å². The van der Waals surface area contributed by atoms with E-state index < -0.39 is 0 Å². The summed E-state index contributed by atoms with van der Waals surface area (Å²) in [4.78, 5) is 0. The van der Waals surface area contributed by atoms with Crippen LogP contribution in [0, 0.1) is 26.7 Å². The van der Waals surface area contributed by atoms with Gasteiger partial charge in [-0.15, -0.1) is 0 Å². The third kappa shape index (κ3) is 3.02. The molecule has 0 fully saturated rings. The summed E-state index contributed by atoms with van der Waals surface area (Å²) in [5, 5.41) is 10.7. The van der Waals surface area contributed by atoms with Crippen LogP contribution in [0.25, 0.3) is 0 Å². The van der Waals surface area contributed by atoms with E-state index in [4.69, 9.17) is 4.74 Å². The Bertz CT molecular complexity index is 759. The Balaban J connectivity index is 2.23. The molecule has 0 saturated carbocycles. The molecule has 0 aromatic heterocycles. The van der Waals surface area contributed by atoms with Crippen molar-refractivity contribution in [3.05, 3.63) is 57.6 Å². The minimum absolute atomic E-state index is 0.135. The van der Waals surface area contributed by atoms with E-state index in [9.17, 15) is 5.11 Å². The highest BCUT2D eigenvalue weighted by atomic mass is 16.5. The predicted molar refractivity (Wildman–Crippen MR) is 99.3 cm³/mol. The van der Waals surface area contributed by atoms with Crippen LogP contribution >= 0.6 is 0 Å². The van der Waals surface area contributed by atoms with Gasteiger partial charge in [0.05, 0.1) is 6.61 Å². The van der Waals surface area contributed by atoms with Crippen LogP contribution in [-0.4, -0.2) is 11.7 Å². The molecule has 1 unspecified atom stereocenters. The van der Waals surface area contributed by atoms with Crippen molar-refractivity contribution in [1.29, 1.82) is 0 Å². The molecule has 1 heterocycles. The maximum Gasteiger partial charge on any atom is 0.126 e. The van der Waals surface area contributed by atoms with E-state index in [1.165, 1.54) is 22.3 Å². The molecule has 1 aliphatic rings. The lowest BCUT2D eigenvalue weighted by Crippen LogP contribution is -2.16. The van der Waals surface area contributed by atoms with Gasteiger partial charge in [-0.2, -0.15) is 0 Å². The summed E-state index contributed by atoms with van der Waals surface area (Å²) in [6.07, 6.45) is 2.16. The van der Waals surface area contributed by atoms with Crippen molar-refractivity contribution in [2.24, 2.45) is 5.92 Å². The van der Waals surface area contributed by atoms with Crippen LogP contribution in [0.1, 0.15) is 59.6 Å². The Hall–Kier alpha value is -1.96. The van der Waals surface area contributed by atoms with Crippen molar-refractivity contribution >= 4 is 0 Å². The molecule has 1 atom stereocenters. The van der Waals surface area contributed by atoms with Gasteiger partial charge in [-0.25, -0.2) is 0 Å². The van der Waals surface area contributed by atoms with Gasteiger partial charge in [-0.1, -0.05) is 49.2 Å². The molecule has 0 radical (unpaired) electrons. The number of aryl methyl sites for hydroxylation is 4. The highest BCUT2D eigenvalue weighted by Crippen LogP contribution is 2.44. The minimum atomic E-state index is 0.135. The third-order valence-corrected chi connectivity index (χ3v) is 4.99. The number of phenolic OH excluding ortho intramolecular Hbond substituents is 1. The van der Waals surface area contributed by atoms with E-state index >= 15 is 0 Å². The fourth-order valence-electron chi connectivity index (χ4n) is 4.02.